The number of alkyl carbamates (subject to hydrolysis) is 1. The van der Waals surface area contributed by atoms with Crippen molar-refractivity contribution in [1.82, 2.24) is 5.32 Å². The molecule has 0 saturated heterocycles. The molecule has 2 amide bonds. The topological polar surface area (TPSA) is 58.6 Å². The van der Waals surface area contributed by atoms with Crippen molar-refractivity contribution < 1.29 is 14.3 Å². The summed E-state index contributed by atoms with van der Waals surface area (Å²) in [6, 6.07) is 16.5. The first-order chi connectivity index (χ1) is 13.3. The lowest BCUT2D eigenvalue weighted by Gasteiger charge is -2.33. The fraction of sp³-hybridized carbons (Fsp3) is 0.391. The molecule has 1 N–H and O–H groups in total. The maximum atomic E-state index is 13.3. The predicted octanol–water partition coefficient (Wildman–Crippen LogP) is 4.69. The number of carbonyl (C=O) groups is 2. The standard InChI is InChI=1S/C23H30N2O3/c1-16(2)21(24-23(27)28-15-19-12-7-6-8-13-19)22(26)25(17(3)4)20-14-10-9-11-18(20)5/h6-14,16-17,21H,15H2,1-5H3,(H,24,27). The van der Waals surface area contributed by atoms with Crippen molar-refractivity contribution in [1.29, 1.82) is 0 Å². The van der Waals surface area contributed by atoms with E-state index < -0.39 is 12.1 Å². The Bertz CT molecular complexity index is 787. The number of rotatable bonds is 7. The van der Waals surface area contributed by atoms with E-state index in [4.69, 9.17) is 4.74 Å². The van der Waals surface area contributed by atoms with Crippen LogP contribution < -0.4 is 10.2 Å². The van der Waals surface area contributed by atoms with E-state index in [0.717, 1.165) is 16.8 Å². The first-order valence-corrected chi connectivity index (χ1v) is 9.67. The van der Waals surface area contributed by atoms with Gasteiger partial charge in [-0.2, -0.15) is 0 Å². The molecular weight excluding hydrogens is 352 g/mol. The van der Waals surface area contributed by atoms with Crippen LogP contribution in [0, 0.1) is 12.8 Å². The summed E-state index contributed by atoms with van der Waals surface area (Å²) in [5.74, 6) is -0.224. The molecule has 2 aromatic carbocycles. The van der Waals surface area contributed by atoms with Gasteiger partial charge in [0.25, 0.3) is 0 Å². The highest BCUT2D eigenvalue weighted by Crippen LogP contribution is 2.24. The molecule has 0 radical (unpaired) electrons. The molecule has 0 heterocycles. The lowest BCUT2D eigenvalue weighted by molar-refractivity contribution is -0.121. The minimum atomic E-state index is -0.676. The monoisotopic (exact) mass is 382 g/mol. The highest BCUT2D eigenvalue weighted by atomic mass is 16.5. The number of hydrogen-bond acceptors (Lipinski definition) is 3. The van der Waals surface area contributed by atoms with Crippen LogP contribution >= 0.6 is 0 Å². The zero-order valence-electron chi connectivity index (χ0n) is 17.3. The van der Waals surface area contributed by atoms with Crippen LogP contribution in [0.2, 0.25) is 0 Å². The summed E-state index contributed by atoms with van der Waals surface area (Å²) in [5, 5.41) is 2.76. The summed E-state index contributed by atoms with van der Waals surface area (Å²) in [7, 11) is 0. The molecule has 0 bridgehead atoms. The van der Waals surface area contributed by atoms with E-state index in [9.17, 15) is 9.59 Å². The van der Waals surface area contributed by atoms with Crippen LogP contribution in [0.15, 0.2) is 54.6 Å². The third-order valence-corrected chi connectivity index (χ3v) is 4.55. The molecule has 28 heavy (non-hydrogen) atoms. The molecule has 0 aliphatic rings. The number of para-hydroxylation sites is 1. The minimum absolute atomic E-state index is 0.0445. The zero-order valence-corrected chi connectivity index (χ0v) is 17.3. The number of hydrogen-bond donors (Lipinski definition) is 1. The normalized spacial score (nSPS) is 12.0. The van der Waals surface area contributed by atoms with E-state index in [1.165, 1.54) is 0 Å². The predicted molar refractivity (Wildman–Crippen MR) is 112 cm³/mol. The number of benzene rings is 2. The molecule has 0 fully saturated rings. The average Bonchev–Trinajstić information content (AvgIpc) is 2.66. The molecule has 150 valence electrons. The van der Waals surface area contributed by atoms with Crippen LogP contribution in [0.3, 0.4) is 0 Å². The Labute approximate surface area is 167 Å². The summed E-state index contributed by atoms with van der Waals surface area (Å²) in [6.45, 7) is 9.90. The smallest absolute Gasteiger partial charge is 0.408 e. The molecule has 0 saturated carbocycles. The number of amides is 2. The van der Waals surface area contributed by atoms with Gasteiger partial charge in [0.2, 0.25) is 5.91 Å². The number of ether oxygens (including phenoxy) is 1. The summed E-state index contributed by atoms with van der Waals surface area (Å²) < 4.78 is 5.31. The Kier molecular flexibility index (Phi) is 7.61. The van der Waals surface area contributed by atoms with Gasteiger partial charge in [-0.15, -0.1) is 0 Å². The van der Waals surface area contributed by atoms with Crippen molar-refractivity contribution in [3.05, 3.63) is 65.7 Å². The second-order valence-electron chi connectivity index (χ2n) is 7.52. The molecule has 0 aliphatic heterocycles. The molecule has 0 aromatic heterocycles. The van der Waals surface area contributed by atoms with E-state index >= 15 is 0 Å². The molecule has 5 heteroatoms. The van der Waals surface area contributed by atoms with Crippen LogP contribution in [0.4, 0.5) is 10.5 Å². The van der Waals surface area contributed by atoms with Gasteiger partial charge < -0.3 is 15.0 Å². The van der Waals surface area contributed by atoms with Crippen molar-refractivity contribution in [2.75, 3.05) is 4.90 Å². The fourth-order valence-corrected chi connectivity index (χ4v) is 3.04. The number of carbonyl (C=O) groups excluding carboxylic acids is 2. The van der Waals surface area contributed by atoms with Crippen LogP contribution in [0.25, 0.3) is 0 Å². The Morgan fingerprint density at radius 2 is 1.57 bits per heavy atom. The van der Waals surface area contributed by atoms with Gasteiger partial charge in [0.05, 0.1) is 0 Å². The lowest BCUT2D eigenvalue weighted by atomic mass is 10.0. The SMILES string of the molecule is Cc1ccccc1N(C(=O)C(NC(=O)OCc1ccccc1)C(C)C)C(C)C. The summed E-state index contributed by atoms with van der Waals surface area (Å²) in [6.07, 6.45) is -0.593. The minimum Gasteiger partial charge on any atom is -0.445 e. The van der Waals surface area contributed by atoms with Crippen molar-refractivity contribution in [3.63, 3.8) is 0 Å². The van der Waals surface area contributed by atoms with Gasteiger partial charge in [-0.3, -0.25) is 4.79 Å². The molecule has 2 aromatic rings. The quantitative estimate of drug-likeness (QED) is 0.756. The van der Waals surface area contributed by atoms with Crippen molar-refractivity contribution in [3.8, 4) is 0 Å². The van der Waals surface area contributed by atoms with E-state index in [0.29, 0.717) is 0 Å². The number of aryl methyl sites for hydroxylation is 1. The van der Waals surface area contributed by atoms with E-state index in [1.54, 1.807) is 4.90 Å². The van der Waals surface area contributed by atoms with Crippen LogP contribution in [0.5, 0.6) is 0 Å². The van der Waals surface area contributed by atoms with Gasteiger partial charge in [-0.05, 0) is 43.9 Å². The highest BCUT2D eigenvalue weighted by molar-refractivity contribution is 5.99. The van der Waals surface area contributed by atoms with Gasteiger partial charge in [-0.1, -0.05) is 62.4 Å². The third-order valence-electron chi connectivity index (χ3n) is 4.55. The second-order valence-corrected chi connectivity index (χ2v) is 7.52. The second kappa shape index (κ2) is 9.93. The molecule has 1 atom stereocenters. The molecule has 0 aliphatic carbocycles. The highest BCUT2D eigenvalue weighted by Gasteiger charge is 2.32. The maximum absolute atomic E-state index is 13.3. The Hall–Kier alpha value is -2.82. The van der Waals surface area contributed by atoms with Gasteiger partial charge in [0.1, 0.15) is 12.6 Å². The average molecular weight is 383 g/mol. The summed E-state index contributed by atoms with van der Waals surface area (Å²) in [4.78, 5) is 27.4. The van der Waals surface area contributed by atoms with Gasteiger partial charge in [-0.25, -0.2) is 4.79 Å². The number of nitrogens with one attached hydrogen (secondary N) is 1. The Morgan fingerprint density at radius 3 is 2.14 bits per heavy atom. The number of anilines is 1. The van der Waals surface area contributed by atoms with Gasteiger partial charge in [0.15, 0.2) is 0 Å². The van der Waals surface area contributed by atoms with Crippen LogP contribution in [-0.4, -0.2) is 24.1 Å². The molecule has 2 rings (SSSR count). The first-order valence-electron chi connectivity index (χ1n) is 9.67. The molecular formula is C23H30N2O3. The molecule has 0 spiro atoms. The van der Waals surface area contributed by atoms with E-state index in [-0.39, 0.29) is 24.5 Å². The van der Waals surface area contributed by atoms with Crippen LogP contribution in [0.1, 0.15) is 38.8 Å². The van der Waals surface area contributed by atoms with Gasteiger partial charge >= 0.3 is 6.09 Å². The van der Waals surface area contributed by atoms with Crippen molar-refractivity contribution in [2.45, 2.75) is 53.3 Å². The van der Waals surface area contributed by atoms with Gasteiger partial charge in [0, 0.05) is 11.7 Å². The molecule has 5 nitrogen and oxygen atoms in total. The Morgan fingerprint density at radius 1 is 0.964 bits per heavy atom. The van der Waals surface area contributed by atoms with Crippen molar-refractivity contribution >= 4 is 17.7 Å². The van der Waals surface area contributed by atoms with E-state index in [2.05, 4.69) is 5.32 Å². The Balaban J connectivity index is 2.13. The first kappa shape index (κ1) is 21.5. The zero-order chi connectivity index (χ0) is 20.7. The molecule has 1 unspecified atom stereocenters. The fourth-order valence-electron chi connectivity index (χ4n) is 3.04. The summed E-state index contributed by atoms with van der Waals surface area (Å²) in [5.41, 5.74) is 2.76. The van der Waals surface area contributed by atoms with Crippen molar-refractivity contribution in [2.24, 2.45) is 5.92 Å². The lowest BCUT2D eigenvalue weighted by Crippen LogP contribution is -2.53. The van der Waals surface area contributed by atoms with Crippen LogP contribution in [-0.2, 0) is 16.1 Å². The maximum Gasteiger partial charge on any atom is 0.408 e. The van der Waals surface area contributed by atoms with E-state index in [1.807, 2.05) is 89.2 Å². The third kappa shape index (κ3) is 5.59. The number of nitrogens with zero attached hydrogens (tertiary/aromatic N) is 1. The summed E-state index contributed by atoms with van der Waals surface area (Å²) >= 11 is 0. The largest absolute Gasteiger partial charge is 0.445 e.